The number of nitrogens with two attached hydrogens (primary N) is 1. The van der Waals surface area contributed by atoms with E-state index in [4.69, 9.17) is 5.73 Å². The number of rotatable bonds is 3. The highest BCUT2D eigenvalue weighted by Crippen LogP contribution is 2.41. The van der Waals surface area contributed by atoms with Crippen LogP contribution in [0.3, 0.4) is 0 Å². The molecule has 114 valence electrons. The fraction of sp³-hybridized carbons (Fsp3) is 0.357. The Bertz CT molecular complexity index is 795. The normalized spacial score (nSPS) is 12.6. The van der Waals surface area contributed by atoms with Gasteiger partial charge in [-0.25, -0.2) is 8.42 Å². The molecule has 0 amide bonds. The topological polar surface area (TPSA) is 78.0 Å². The maximum absolute atomic E-state index is 12.1. The van der Waals surface area contributed by atoms with Gasteiger partial charge >= 0.3 is 0 Å². The lowest BCUT2D eigenvalue weighted by atomic mass is 9.98. The molecular weight excluding hydrogens is 354 g/mol. The summed E-state index contributed by atoms with van der Waals surface area (Å²) in [6.45, 7) is 3.29. The first kappa shape index (κ1) is 16.0. The molecule has 0 aliphatic carbocycles. The summed E-state index contributed by atoms with van der Waals surface area (Å²) in [7, 11) is -1.64. The van der Waals surface area contributed by atoms with Crippen molar-refractivity contribution in [3.63, 3.8) is 0 Å². The van der Waals surface area contributed by atoms with Crippen molar-refractivity contribution in [1.82, 2.24) is 9.78 Å². The van der Waals surface area contributed by atoms with Gasteiger partial charge in [-0.3, -0.25) is 4.68 Å². The number of nitrogen functional groups attached to an aromatic ring is 1. The van der Waals surface area contributed by atoms with Crippen molar-refractivity contribution in [3.05, 3.63) is 34.4 Å². The highest BCUT2D eigenvalue weighted by molar-refractivity contribution is 9.10. The van der Waals surface area contributed by atoms with E-state index in [0.29, 0.717) is 17.1 Å². The van der Waals surface area contributed by atoms with Crippen LogP contribution in [0.4, 0.5) is 5.82 Å². The average Bonchev–Trinajstić information content (AvgIpc) is 2.66. The summed E-state index contributed by atoms with van der Waals surface area (Å²) in [6, 6.07) is 7.55. The summed E-state index contributed by atoms with van der Waals surface area (Å²) >= 11 is 3.49. The summed E-state index contributed by atoms with van der Waals surface area (Å²) in [5.41, 5.74) is 8.07. The lowest BCUT2D eigenvalue weighted by Crippen LogP contribution is -2.29. The fourth-order valence-electron chi connectivity index (χ4n) is 2.06. The molecule has 0 bridgehead atoms. The van der Waals surface area contributed by atoms with Gasteiger partial charge < -0.3 is 5.73 Å². The first-order valence-corrected chi connectivity index (χ1v) is 9.03. The van der Waals surface area contributed by atoms with Crippen molar-refractivity contribution in [3.8, 4) is 11.1 Å². The van der Waals surface area contributed by atoms with Crippen molar-refractivity contribution < 1.29 is 8.42 Å². The van der Waals surface area contributed by atoms with Gasteiger partial charge in [-0.05, 0) is 19.9 Å². The molecule has 0 atom stereocenters. The molecular formula is C14H18BrN3O2S. The molecule has 2 rings (SSSR count). The Kier molecular flexibility index (Phi) is 3.92. The fourth-order valence-corrected chi connectivity index (χ4v) is 3.04. The van der Waals surface area contributed by atoms with Crippen molar-refractivity contribution in [2.24, 2.45) is 7.05 Å². The van der Waals surface area contributed by atoms with E-state index < -0.39 is 14.6 Å². The van der Waals surface area contributed by atoms with Crippen LogP contribution in [0, 0.1) is 0 Å². The number of aromatic nitrogens is 2. The van der Waals surface area contributed by atoms with E-state index in [0.717, 1.165) is 10.0 Å². The molecule has 1 aromatic carbocycles. The monoisotopic (exact) mass is 371 g/mol. The molecule has 5 nitrogen and oxygen atoms in total. The maximum Gasteiger partial charge on any atom is 0.158 e. The smallest absolute Gasteiger partial charge is 0.158 e. The van der Waals surface area contributed by atoms with Crippen molar-refractivity contribution in [2.75, 3.05) is 12.0 Å². The van der Waals surface area contributed by atoms with Crippen molar-refractivity contribution in [1.29, 1.82) is 0 Å². The molecule has 0 radical (unpaired) electrons. The zero-order chi connectivity index (χ0) is 16.0. The zero-order valence-corrected chi connectivity index (χ0v) is 14.8. The molecule has 21 heavy (non-hydrogen) atoms. The summed E-state index contributed by atoms with van der Waals surface area (Å²) in [5, 5.41) is 4.36. The zero-order valence-electron chi connectivity index (χ0n) is 12.4. The van der Waals surface area contributed by atoms with Crippen molar-refractivity contribution in [2.45, 2.75) is 18.6 Å². The minimum absolute atomic E-state index is 0.439. The molecule has 0 saturated carbocycles. The SMILES string of the molecule is Cn1nc(C(C)(C)S(C)(=O)=O)c(-c2ccccc2Br)c1N. The summed E-state index contributed by atoms with van der Waals surface area (Å²) < 4.78 is 25.5. The van der Waals surface area contributed by atoms with Gasteiger partial charge in [0.25, 0.3) is 0 Å². The van der Waals surface area contributed by atoms with Gasteiger partial charge in [0.15, 0.2) is 9.84 Å². The number of halogens is 1. The number of hydrogen-bond donors (Lipinski definition) is 1. The number of sulfone groups is 1. The third-order valence-corrected chi connectivity index (χ3v) is 6.47. The first-order valence-electron chi connectivity index (χ1n) is 6.35. The van der Waals surface area contributed by atoms with E-state index in [1.807, 2.05) is 24.3 Å². The number of hydrogen-bond acceptors (Lipinski definition) is 4. The molecule has 2 aromatic rings. The number of anilines is 1. The maximum atomic E-state index is 12.1. The Morgan fingerprint density at radius 2 is 1.86 bits per heavy atom. The molecule has 0 spiro atoms. The Morgan fingerprint density at radius 3 is 2.38 bits per heavy atom. The first-order chi connectivity index (χ1) is 9.57. The van der Waals surface area contributed by atoms with Gasteiger partial charge in [-0.2, -0.15) is 5.10 Å². The Labute approximate surface area is 133 Å². The molecule has 0 saturated heterocycles. The Balaban J connectivity index is 2.83. The number of aryl methyl sites for hydroxylation is 1. The minimum Gasteiger partial charge on any atom is -0.383 e. The lowest BCUT2D eigenvalue weighted by Gasteiger charge is -2.22. The standard InChI is InChI=1S/C14H18BrN3O2S/c1-14(2,21(4,19)20)12-11(13(16)18(3)17-12)9-7-5-6-8-10(9)15/h5-8H,16H2,1-4H3. The van der Waals surface area contributed by atoms with Crippen molar-refractivity contribution >= 4 is 31.6 Å². The number of benzene rings is 1. The Hall–Kier alpha value is -1.34. The second-order valence-electron chi connectivity index (χ2n) is 5.49. The average molecular weight is 372 g/mol. The van der Waals surface area contributed by atoms with Gasteiger partial charge in [0.2, 0.25) is 0 Å². The van der Waals surface area contributed by atoms with E-state index in [2.05, 4.69) is 21.0 Å². The van der Waals surface area contributed by atoms with Crippen LogP contribution in [-0.2, 0) is 21.6 Å². The summed E-state index contributed by atoms with van der Waals surface area (Å²) in [6.07, 6.45) is 1.21. The molecule has 7 heteroatoms. The van der Waals surface area contributed by atoms with Crippen LogP contribution in [0.25, 0.3) is 11.1 Å². The summed E-state index contributed by atoms with van der Waals surface area (Å²) in [4.78, 5) is 0. The van der Waals surface area contributed by atoms with Crippen LogP contribution in [0.2, 0.25) is 0 Å². The van der Waals surface area contributed by atoms with E-state index in [1.54, 1.807) is 20.9 Å². The third-order valence-electron chi connectivity index (χ3n) is 3.73. The van der Waals surface area contributed by atoms with Crippen LogP contribution >= 0.6 is 15.9 Å². The quantitative estimate of drug-likeness (QED) is 0.899. The second-order valence-corrected chi connectivity index (χ2v) is 8.91. The summed E-state index contributed by atoms with van der Waals surface area (Å²) in [5.74, 6) is 0.439. The molecule has 1 aromatic heterocycles. The van der Waals surface area contributed by atoms with Gasteiger partial charge in [0, 0.05) is 28.9 Å². The van der Waals surface area contributed by atoms with Gasteiger partial charge in [-0.1, -0.05) is 34.1 Å². The van der Waals surface area contributed by atoms with Gasteiger partial charge in [-0.15, -0.1) is 0 Å². The molecule has 0 fully saturated rings. The highest BCUT2D eigenvalue weighted by Gasteiger charge is 2.38. The third kappa shape index (κ3) is 2.60. The second kappa shape index (κ2) is 5.14. The predicted molar refractivity (Wildman–Crippen MR) is 88.6 cm³/mol. The van der Waals surface area contributed by atoms with Gasteiger partial charge in [0.05, 0.1) is 5.69 Å². The molecule has 2 N–H and O–H groups in total. The molecule has 0 unspecified atom stereocenters. The molecule has 1 heterocycles. The van der Waals surface area contributed by atoms with E-state index in [-0.39, 0.29) is 0 Å². The van der Waals surface area contributed by atoms with Crippen LogP contribution in [-0.4, -0.2) is 24.5 Å². The Morgan fingerprint density at radius 1 is 1.29 bits per heavy atom. The van der Waals surface area contributed by atoms with Crippen LogP contribution in [0.15, 0.2) is 28.7 Å². The van der Waals surface area contributed by atoms with Crippen LogP contribution in [0.5, 0.6) is 0 Å². The van der Waals surface area contributed by atoms with Crippen LogP contribution < -0.4 is 5.73 Å². The van der Waals surface area contributed by atoms with Gasteiger partial charge in [0.1, 0.15) is 10.6 Å². The number of nitrogens with zero attached hydrogens (tertiary/aromatic N) is 2. The highest BCUT2D eigenvalue weighted by atomic mass is 79.9. The van der Waals surface area contributed by atoms with E-state index >= 15 is 0 Å². The molecule has 0 aliphatic heterocycles. The van der Waals surface area contributed by atoms with E-state index in [9.17, 15) is 8.42 Å². The molecule has 0 aliphatic rings. The largest absolute Gasteiger partial charge is 0.383 e. The van der Waals surface area contributed by atoms with Crippen LogP contribution in [0.1, 0.15) is 19.5 Å². The van der Waals surface area contributed by atoms with E-state index in [1.165, 1.54) is 10.9 Å². The lowest BCUT2D eigenvalue weighted by molar-refractivity contribution is 0.553. The minimum atomic E-state index is -3.35. The predicted octanol–water partition coefficient (Wildman–Crippen LogP) is 2.71.